The molecule has 0 radical (unpaired) electrons. The molecule has 0 aliphatic rings. The SMILES string of the molecule is Cc1ccc(OC(C)C(=O)NCCn2cnc(C)c(C)c2=O)cc1C. The number of hydrogen-bond donors (Lipinski definition) is 1. The van der Waals surface area contributed by atoms with Crippen LogP contribution in [-0.4, -0.2) is 28.1 Å². The first kappa shape index (κ1) is 18.7. The van der Waals surface area contributed by atoms with Gasteiger partial charge in [0.1, 0.15) is 5.75 Å². The number of nitrogens with one attached hydrogen (secondary N) is 1. The van der Waals surface area contributed by atoms with Crippen LogP contribution in [0.4, 0.5) is 0 Å². The third kappa shape index (κ3) is 4.68. The average Bonchev–Trinajstić information content (AvgIpc) is 2.58. The lowest BCUT2D eigenvalue weighted by molar-refractivity contribution is -0.127. The Hall–Kier alpha value is -2.63. The van der Waals surface area contributed by atoms with E-state index in [0.29, 0.717) is 24.4 Å². The van der Waals surface area contributed by atoms with E-state index < -0.39 is 6.10 Å². The summed E-state index contributed by atoms with van der Waals surface area (Å²) < 4.78 is 7.18. The third-order valence-electron chi connectivity index (χ3n) is 4.33. The molecule has 6 nitrogen and oxygen atoms in total. The summed E-state index contributed by atoms with van der Waals surface area (Å²) in [6.07, 6.45) is 0.892. The maximum Gasteiger partial charge on any atom is 0.260 e. The Bertz CT molecular complexity index is 827. The molecule has 0 aliphatic heterocycles. The van der Waals surface area contributed by atoms with Crippen molar-refractivity contribution >= 4 is 5.91 Å². The van der Waals surface area contributed by atoms with Crippen LogP contribution < -0.4 is 15.6 Å². The number of carbonyl (C=O) groups excluding carboxylic acids is 1. The summed E-state index contributed by atoms with van der Waals surface area (Å²) in [4.78, 5) is 28.4. The molecule has 1 N–H and O–H groups in total. The Morgan fingerprint density at radius 3 is 2.64 bits per heavy atom. The Morgan fingerprint density at radius 1 is 1.24 bits per heavy atom. The zero-order valence-corrected chi connectivity index (χ0v) is 15.4. The van der Waals surface area contributed by atoms with E-state index in [2.05, 4.69) is 10.3 Å². The highest BCUT2D eigenvalue weighted by Crippen LogP contribution is 2.17. The van der Waals surface area contributed by atoms with Crippen LogP contribution in [0.5, 0.6) is 5.75 Å². The highest BCUT2D eigenvalue weighted by atomic mass is 16.5. The van der Waals surface area contributed by atoms with Crippen LogP contribution in [0.2, 0.25) is 0 Å². The summed E-state index contributed by atoms with van der Waals surface area (Å²) in [6, 6.07) is 5.74. The van der Waals surface area contributed by atoms with Crippen LogP contribution in [0.1, 0.15) is 29.3 Å². The van der Waals surface area contributed by atoms with Gasteiger partial charge in [-0.15, -0.1) is 0 Å². The molecule has 0 fully saturated rings. The molecule has 0 bridgehead atoms. The lowest BCUT2D eigenvalue weighted by Crippen LogP contribution is -2.39. The standard InChI is InChI=1S/C19H25N3O3/c1-12-6-7-17(10-13(12)2)25-16(5)18(23)20-8-9-22-11-21-15(4)14(3)19(22)24/h6-7,10-11,16H,8-9H2,1-5H3,(H,20,23). The largest absolute Gasteiger partial charge is 0.481 e. The van der Waals surface area contributed by atoms with Gasteiger partial charge in [0.25, 0.3) is 11.5 Å². The molecule has 2 aromatic rings. The third-order valence-corrected chi connectivity index (χ3v) is 4.33. The van der Waals surface area contributed by atoms with Gasteiger partial charge in [-0.25, -0.2) is 4.98 Å². The van der Waals surface area contributed by atoms with Gasteiger partial charge in [0.15, 0.2) is 6.10 Å². The summed E-state index contributed by atoms with van der Waals surface area (Å²) in [5, 5.41) is 2.79. The molecule has 1 aromatic heterocycles. The number of amides is 1. The second-order valence-corrected chi connectivity index (χ2v) is 6.25. The van der Waals surface area contributed by atoms with Crippen LogP contribution in [0, 0.1) is 27.7 Å². The van der Waals surface area contributed by atoms with Crippen LogP contribution >= 0.6 is 0 Å². The lowest BCUT2D eigenvalue weighted by atomic mass is 10.1. The molecule has 2 rings (SSSR count). The maximum absolute atomic E-state index is 12.2. The summed E-state index contributed by atoms with van der Waals surface area (Å²) in [5.74, 6) is 0.448. The molecule has 0 saturated heterocycles. The molecule has 25 heavy (non-hydrogen) atoms. The van der Waals surface area contributed by atoms with Gasteiger partial charge in [0, 0.05) is 24.3 Å². The Kier molecular flexibility index (Phi) is 5.96. The van der Waals surface area contributed by atoms with Crippen LogP contribution in [0.25, 0.3) is 0 Å². The van der Waals surface area contributed by atoms with Gasteiger partial charge < -0.3 is 10.1 Å². The fraction of sp³-hybridized carbons (Fsp3) is 0.421. The number of hydrogen-bond acceptors (Lipinski definition) is 4. The average molecular weight is 343 g/mol. The zero-order valence-electron chi connectivity index (χ0n) is 15.4. The second kappa shape index (κ2) is 7.96. The first-order valence-electron chi connectivity index (χ1n) is 8.34. The summed E-state index contributed by atoms with van der Waals surface area (Å²) in [7, 11) is 0. The van der Waals surface area contributed by atoms with Gasteiger partial charge in [0.2, 0.25) is 0 Å². The monoisotopic (exact) mass is 343 g/mol. The van der Waals surface area contributed by atoms with Crippen molar-refractivity contribution in [2.24, 2.45) is 0 Å². The number of rotatable bonds is 6. The predicted molar refractivity (Wildman–Crippen MR) is 97.0 cm³/mol. The molecule has 1 amide bonds. The molecule has 0 saturated carbocycles. The van der Waals surface area contributed by atoms with Crippen molar-refractivity contribution in [2.45, 2.75) is 47.3 Å². The fourth-order valence-corrected chi connectivity index (χ4v) is 2.32. The number of benzene rings is 1. The van der Waals surface area contributed by atoms with Gasteiger partial charge >= 0.3 is 0 Å². The second-order valence-electron chi connectivity index (χ2n) is 6.25. The van der Waals surface area contributed by atoms with Crippen molar-refractivity contribution in [2.75, 3.05) is 6.54 Å². The van der Waals surface area contributed by atoms with E-state index in [9.17, 15) is 9.59 Å². The van der Waals surface area contributed by atoms with E-state index >= 15 is 0 Å². The minimum absolute atomic E-state index is 0.0822. The number of ether oxygens (including phenoxy) is 1. The molecule has 0 aliphatic carbocycles. The van der Waals surface area contributed by atoms with Gasteiger partial charge in [-0.2, -0.15) is 0 Å². The van der Waals surface area contributed by atoms with Crippen molar-refractivity contribution in [3.05, 3.63) is 57.3 Å². The van der Waals surface area contributed by atoms with Crippen molar-refractivity contribution in [1.29, 1.82) is 0 Å². The summed E-state index contributed by atoms with van der Waals surface area (Å²) >= 11 is 0. The molecule has 1 atom stereocenters. The first-order chi connectivity index (χ1) is 11.8. The zero-order chi connectivity index (χ0) is 18.6. The highest BCUT2D eigenvalue weighted by Gasteiger charge is 2.14. The summed E-state index contributed by atoms with van der Waals surface area (Å²) in [6.45, 7) is 9.99. The maximum atomic E-state index is 12.2. The molecular formula is C19H25N3O3. The molecule has 0 spiro atoms. The van der Waals surface area contributed by atoms with Crippen LogP contribution in [-0.2, 0) is 11.3 Å². The molecule has 1 unspecified atom stereocenters. The van der Waals surface area contributed by atoms with E-state index in [-0.39, 0.29) is 11.5 Å². The van der Waals surface area contributed by atoms with E-state index in [1.165, 1.54) is 16.5 Å². The smallest absolute Gasteiger partial charge is 0.260 e. The lowest BCUT2D eigenvalue weighted by Gasteiger charge is -2.16. The van der Waals surface area contributed by atoms with Crippen molar-refractivity contribution in [3.63, 3.8) is 0 Å². The number of aromatic nitrogens is 2. The van der Waals surface area contributed by atoms with Gasteiger partial charge in [-0.05, 0) is 57.9 Å². The van der Waals surface area contributed by atoms with Crippen molar-refractivity contribution < 1.29 is 9.53 Å². The minimum Gasteiger partial charge on any atom is -0.481 e. The number of carbonyl (C=O) groups is 1. The summed E-state index contributed by atoms with van der Waals surface area (Å²) in [5.41, 5.74) is 3.56. The molecule has 1 aromatic carbocycles. The number of aryl methyl sites for hydroxylation is 3. The van der Waals surface area contributed by atoms with E-state index in [1.807, 2.05) is 32.0 Å². The Balaban J connectivity index is 1.88. The molecule has 134 valence electrons. The van der Waals surface area contributed by atoms with Crippen molar-refractivity contribution in [1.82, 2.24) is 14.9 Å². The predicted octanol–water partition coefficient (Wildman–Crippen LogP) is 2.06. The Morgan fingerprint density at radius 2 is 1.96 bits per heavy atom. The molecule has 6 heteroatoms. The van der Waals surface area contributed by atoms with Gasteiger partial charge in [-0.1, -0.05) is 6.07 Å². The molecular weight excluding hydrogens is 318 g/mol. The Labute approximate surface area is 147 Å². The van der Waals surface area contributed by atoms with E-state index in [4.69, 9.17) is 4.74 Å². The van der Waals surface area contributed by atoms with Gasteiger partial charge in [-0.3, -0.25) is 14.2 Å². The van der Waals surface area contributed by atoms with Crippen LogP contribution in [0.15, 0.2) is 29.3 Å². The number of nitrogens with zero attached hydrogens (tertiary/aromatic N) is 2. The van der Waals surface area contributed by atoms with Crippen LogP contribution in [0.3, 0.4) is 0 Å². The topological polar surface area (TPSA) is 73.2 Å². The van der Waals surface area contributed by atoms with Crippen molar-refractivity contribution in [3.8, 4) is 5.75 Å². The van der Waals surface area contributed by atoms with Gasteiger partial charge in [0.05, 0.1) is 6.33 Å². The minimum atomic E-state index is -0.614. The first-order valence-corrected chi connectivity index (χ1v) is 8.34. The van der Waals surface area contributed by atoms with E-state index in [0.717, 1.165) is 11.3 Å². The fourth-order valence-electron chi connectivity index (χ4n) is 2.32. The quantitative estimate of drug-likeness (QED) is 0.871. The molecule has 1 heterocycles. The van der Waals surface area contributed by atoms with E-state index in [1.54, 1.807) is 20.8 Å². The normalized spacial score (nSPS) is 11.9. The highest BCUT2D eigenvalue weighted by molar-refractivity contribution is 5.80.